The van der Waals surface area contributed by atoms with Crippen molar-refractivity contribution in [2.75, 3.05) is 11.8 Å². The lowest BCUT2D eigenvalue weighted by molar-refractivity contribution is 0.402. The minimum absolute atomic E-state index is 0.160. The van der Waals surface area contributed by atoms with E-state index in [4.69, 9.17) is 4.74 Å². The second-order valence-electron chi connectivity index (χ2n) is 5.63. The van der Waals surface area contributed by atoms with Crippen LogP contribution in [0.5, 0.6) is 5.75 Å². The van der Waals surface area contributed by atoms with Gasteiger partial charge in [-0.25, -0.2) is 8.42 Å². The van der Waals surface area contributed by atoms with Crippen LogP contribution in [-0.4, -0.2) is 15.5 Å². The van der Waals surface area contributed by atoms with Crippen LogP contribution >= 0.6 is 22.6 Å². The Hall–Kier alpha value is -1.28. The van der Waals surface area contributed by atoms with Gasteiger partial charge in [0.05, 0.1) is 7.11 Å². The van der Waals surface area contributed by atoms with Crippen molar-refractivity contribution in [2.45, 2.75) is 31.6 Å². The number of halogens is 1. The minimum Gasteiger partial charge on any atom is -0.495 e. The van der Waals surface area contributed by atoms with E-state index in [0.717, 1.165) is 14.7 Å². The van der Waals surface area contributed by atoms with Gasteiger partial charge in [-0.15, -0.1) is 0 Å². The fourth-order valence-corrected chi connectivity index (χ4v) is 4.00. The highest BCUT2D eigenvalue weighted by Gasteiger charge is 2.22. The number of nitrogens with one attached hydrogen (secondary N) is 1. The van der Waals surface area contributed by atoms with E-state index in [2.05, 4.69) is 27.3 Å². The first-order valence-electron chi connectivity index (χ1n) is 7.21. The molecule has 0 saturated carbocycles. The van der Waals surface area contributed by atoms with Gasteiger partial charge in [0.2, 0.25) is 0 Å². The summed E-state index contributed by atoms with van der Waals surface area (Å²) < 4.78 is 34.5. The van der Waals surface area contributed by atoms with Gasteiger partial charge in [-0.2, -0.15) is 0 Å². The summed E-state index contributed by atoms with van der Waals surface area (Å²) in [4.78, 5) is 0.160. The van der Waals surface area contributed by atoms with E-state index >= 15 is 0 Å². The van der Waals surface area contributed by atoms with Gasteiger partial charge in [-0.3, -0.25) is 4.72 Å². The molecule has 0 atom stereocenters. The Morgan fingerprint density at radius 2 is 1.74 bits per heavy atom. The highest BCUT2D eigenvalue weighted by atomic mass is 127. The average Bonchev–Trinajstić information content (AvgIpc) is 2.48. The molecule has 6 heteroatoms. The number of benzene rings is 2. The smallest absolute Gasteiger partial charge is 0.265 e. The Bertz CT molecular complexity index is 799. The molecule has 0 radical (unpaired) electrons. The molecule has 2 rings (SSSR count). The first-order valence-corrected chi connectivity index (χ1v) is 9.77. The molecular weight excluding hydrogens is 425 g/mol. The molecular formula is C17H20INO3S. The van der Waals surface area contributed by atoms with E-state index in [1.807, 2.05) is 32.9 Å². The van der Waals surface area contributed by atoms with Gasteiger partial charge in [-0.1, -0.05) is 13.8 Å². The first kappa shape index (κ1) is 18.1. The van der Waals surface area contributed by atoms with E-state index in [9.17, 15) is 8.42 Å². The summed E-state index contributed by atoms with van der Waals surface area (Å²) in [6.07, 6.45) is 0. The molecule has 0 amide bonds. The fourth-order valence-electron chi connectivity index (χ4n) is 2.40. The quantitative estimate of drug-likeness (QED) is 0.689. The van der Waals surface area contributed by atoms with Crippen LogP contribution < -0.4 is 9.46 Å². The zero-order chi connectivity index (χ0) is 17.2. The Morgan fingerprint density at radius 1 is 1.13 bits per heavy atom. The highest BCUT2D eigenvalue weighted by Crippen LogP contribution is 2.32. The van der Waals surface area contributed by atoms with E-state index < -0.39 is 10.0 Å². The molecule has 0 aromatic heterocycles. The molecule has 0 unspecified atom stereocenters. The summed E-state index contributed by atoms with van der Waals surface area (Å²) >= 11 is 2.17. The molecule has 0 heterocycles. The number of methoxy groups -OCH3 is 1. The third-order valence-corrected chi connectivity index (χ3v) is 5.68. The number of hydrogen-bond acceptors (Lipinski definition) is 3. The maximum atomic E-state index is 12.8. The van der Waals surface area contributed by atoms with Crippen LogP contribution in [0.1, 0.15) is 30.9 Å². The normalized spacial score (nSPS) is 11.6. The molecule has 124 valence electrons. The van der Waals surface area contributed by atoms with Crippen molar-refractivity contribution >= 4 is 38.3 Å². The molecule has 23 heavy (non-hydrogen) atoms. The van der Waals surface area contributed by atoms with Crippen molar-refractivity contribution < 1.29 is 13.2 Å². The molecule has 0 aliphatic heterocycles. The van der Waals surface area contributed by atoms with Crippen molar-refractivity contribution in [3.8, 4) is 5.75 Å². The Balaban J connectivity index is 2.49. The van der Waals surface area contributed by atoms with Crippen LogP contribution in [0.25, 0.3) is 0 Å². The van der Waals surface area contributed by atoms with Gasteiger partial charge in [0.25, 0.3) is 10.0 Å². The zero-order valence-corrected chi connectivity index (χ0v) is 16.5. The largest absolute Gasteiger partial charge is 0.495 e. The third kappa shape index (κ3) is 4.17. The molecule has 4 nitrogen and oxygen atoms in total. The Kier molecular flexibility index (Phi) is 5.57. The number of anilines is 1. The number of sulfonamides is 1. The van der Waals surface area contributed by atoms with Gasteiger partial charge in [-0.05, 0) is 83.0 Å². The van der Waals surface area contributed by atoms with Crippen molar-refractivity contribution in [1.82, 2.24) is 0 Å². The van der Waals surface area contributed by atoms with Crippen LogP contribution in [0.15, 0.2) is 41.3 Å². The minimum atomic E-state index is -3.72. The van der Waals surface area contributed by atoms with Crippen LogP contribution in [0, 0.1) is 10.5 Å². The summed E-state index contributed by atoms with van der Waals surface area (Å²) in [6.45, 7) is 6.04. The predicted octanol–water partition coefficient (Wildman–Crippen LogP) is 4.53. The zero-order valence-electron chi connectivity index (χ0n) is 13.6. The molecule has 2 aromatic rings. The fraction of sp³-hybridized carbons (Fsp3) is 0.294. The van der Waals surface area contributed by atoms with Gasteiger partial charge in [0, 0.05) is 9.26 Å². The predicted molar refractivity (Wildman–Crippen MR) is 102 cm³/mol. The monoisotopic (exact) mass is 445 g/mol. The van der Waals surface area contributed by atoms with Gasteiger partial charge in [0.15, 0.2) is 0 Å². The Morgan fingerprint density at radius 3 is 2.26 bits per heavy atom. The van der Waals surface area contributed by atoms with Crippen molar-refractivity contribution in [2.24, 2.45) is 0 Å². The molecule has 1 N–H and O–H groups in total. The topological polar surface area (TPSA) is 55.4 Å². The molecule has 0 saturated heterocycles. The second kappa shape index (κ2) is 7.09. The molecule has 0 fully saturated rings. The summed E-state index contributed by atoms with van der Waals surface area (Å²) in [5.41, 5.74) is 2.54. The van der Waals surface area contributed by atoms with E-state index in [1.54, 1.807) is 24.3 Å². The standard InChI is InChI=1S/C17H20INO3S/c1-11(2)15-10-17(16(22-4)9-12(15)3)23(20,21)19-14-7-5-13(18)6-8-14/h5-11,19H,1-4H3. The van der Waals surface area contributed by atoms with Gasteiger partial charge >= 0.3 is 0 Å². The Labute approximate surface area is 151 Å². The van der Waals surface area contributed by atoms with Crippen LogP contribution in [0.4, 0.5) is 5.69 Å². The van der Waals surface area contributed by atoms with Crippen LogP contribution in [-0.2, 0) is 10.0 Å². The van der Waals surface area contributed by atoms with Crippen molar-refractivity contribution in [1.29, 1.82) is 0 Å². The van der Waals surface area contributed by atoms with Crippen molar-refractivity contribution in [3.05, 3.63) is 51.1 Å². The van der Waals surface area contributed by atoms with E-state index in [0.29, 0.717) is 11.4 Å². The maximum Gasteiger partial charge on any atom is 0.265 e. The molecule has 0 bridgehead atoms. The number of rotatable bonds is 5. The molecule has 0 aliphatic rings. The van der Waals surface area contributed by atoms with Crippen LogP contribution in [0.3, 0.4) is 0 Å². The van der Waals surface area contributed by atoms with Crippen LogP contribution in [0.2, 0.25) is 0 Å². The summed E-state index contributed by atoms with van der Waals surface area (Å²) in [6, 6.07) is 10.7. The molecule has 0 spiro atoms. The number of aryl methyl sites for hydroxylation is 1. The third-order valence-electron chi connectivity index (χ3n) is 3.56. The van der Waals surface area contributed by atoms with E-state index in [-0.39, 0.29) is 10.8 Å². The molecule has 2 aromatic carbocycles. The SMILES string of the molecule is COc1cc(C)c(C(C)C)cc1S(=O)(=O)Nc1ccc(I)cc1. The molecule has 0 aliphatic carbocycles. The number of hydrogen-bond donors (Lipinski definition) is 1. The maximum absolute atomic E-state index is 12.8. The van der Waals surface area contributed by atoms with Crippen molar-refractivity contribution in [3.63, 3.8) is 0 Å². The first-order chi connectivity index (χ1) is 10.7. The van der Waals surface area contributed by atoms with Gasteiger partial charge < -0.3 is 4.74 Å². The lowest BCUT2D eigenvalue weighted by Crippen LogP contribution is -2.15. The van der Waals surface area contributed by atoms with Gasteiger partial charge in [0.1, 0.15) is 10.6 Å². The summed E-state index contributed by atoms with van der Waals surface area (Å²) in [5.74, 6) is 0.582. The highest BCUT2D eigenvalue weighted by molar-refractivity contribution is 14.1. The lowest BCUT2D eigenvalue weighted by Gasteiger charge is -2.17. The summed E-state index contributed by atoms with van der Waals surface area (Å²) in [7, 11) is -2.24. The number of ether oxygens (including phenoxy) is 1. The summed E-state index contributed by atoms with van der Waals surface area (Å²) in [5, 5.41) is 0. The second-order valence-corrected chi connectivity index (χ2v) is 8.52. The average molecular weight is 445 g/mol. The van der Waals surface area contributed by atoms with E-state index in [1.165, 1.54) is 7.11 Å². The lowest BCUT2D eigenvalue weighted by atomic mass is 9.98.